The molecular weight excluding hydrogens is 518 g/mol. The summed E-state index contributed by atoms with van der Waals surface area (Å²) in [5.41, 5.74) is 2.99. The average molecular weight is 556 g/mol. The molecule has 1 aromatic carbocycles. The minimum Gasteiger partial charge on any atom is -0.378 e. The standard InChI is InChI=1S/C30H37N9O2/c40-30(35-22-26-21-31-23-36-28(26)39-14-16-41-17-15-39)37-27-7-4-6-24(18-27)8-9-25-19-33-29(34-20-25)32-10-5-13-38-11-2-1-3-12-38/h4,6-7,18-21,23H,1-3,5,10-17,22H2,(H,32,33,34)(H2,35,37,40). The zero-order valence-corrected chi connectivity index (χ0v) is 23.3. The lowest BCUT2D eigenvalue weighted by Gasteiger charge is -2.29. The predicted molar refractivity (Wildman–Crippen MR) is 159 cm³/mol. The van der Waals surface area contributed by atoms with Crippen molar-refractivity contribution < 1.29 is 9.53 Å². The molecule has 5 rings (SSSR count). The summed E-state index contributed by atoms with van der Waals surface area (Å²) >= 11 is 0. The number of nitrogens with zero attached hydrogens (tertiary/aromatic N) is 6. The lowest BCUT2D eigenvalue weighted by Crippen LogP contribution is -2.38. The van der Waals surface area contributed by atoms with Gasteiger partial charge in [-0.25, -0.2) is 24.7 Å². The molecule has 3 N–H and O–H groups in total. The fourth-order valence-electron chi connectivity index (χ4n) is 4.88. The average Bonchev–Trinajstić information content (AvgIpc) is 3.03. The highest BCUT2D eigenvalue weighted by Gasteiger charge is 2.16. The van der Waals surface area contributed by atoms with Crippen LogP contribution < -0.4 is 20.9 Å². The molecule has 4 heterocycles. The molecule has 2 fully saturated rings. The maximum Gasteiger partial charge on any atom is 0.319 e. The number of ether oxygens (including phenoxy) is 1. The molecule has 3 aromatic rings. The maximum absolute atomic E-state index is 12.6. The number of piperidine rings is 1. The predicted octanol–water partition coefficient (Wildman–Crippen LogP) is 3.11. The molecule has 0 atom stereocenters. The lowest BCUT2D eigenvalue weighted by molar-refractivity contribution is 0.122. The van der Waals surface area contributed by atoms with Crippen molar-refractivity contribution in [2.24, 2.45) is 0 Å². The van der Waals surface area contributed by atoms with Gasteiger partial charge in [0.05, 0.1) is 18.8 Å². The first-order valence-electron chi connectivity index (χ1n) is 14.3. The molecule has 2 aliphatic heterocycles. The number of rotatable bonds is 9. The summed E-state index contributed by atoms with van der Waals surface area (Å²) < 4.78 is 5.43. The molecule has 0 radical (unpaired) electrons. The van der Waals surface area contributed by atoms with Gasteiger partial charge < -0.3 is 30.5 Å². The van der Waals surface area contributed by atoms with E-state index in [2.05, 4.69) is 57.5 Å². The number of aromatic nitrogens is 4. The Kier molecular flexibility index (Phi) is 10.3. The first-order chi connectivity index (χ1) is 20.2. The Morgan fingerprint density at radius 1 is 0.951 bits per heavy atom. The van der Waals surface area contributed by atoms with Crippen LogP contribution in [0.3, 0.4) is 0 Å². The fourth-order valence-corrected chi connectivity index (χ4v) is 4.88. The third-order valence-electron chi connectivity index (χ3n) is 7.02. The molecule has 11 heteroatoms. The minimum absolute atomic E-state index is 0.308. The number of carbonyl (C=O) groups excluding carboxylic acids is 1. The fraction of sp³-hybridized carbons (Fsp3) is 0.433. The Balaban J connectivity index is 1.08. The monoisotopic (exact) mass is 555 g/mol. The third-order valence-corrected chi connectivity index (χ3v) is 7.02. The van der Waals surface area contributed by atoms with Gasteiger partial charge in [0.25, 0.3) is 0 Å². The van der Waals surface area contributed by atoms with E-state index >= 15 is 0 Å². The van der Waals surface area contributed by atoms with Crippen LogP contribution in [0.25, 0.3) is 0 Å². The van der Waals surface area contributed by atoms with Gasteiger partial charge in [-0.15, -0.1) is 0 Å². The molecule has 0 saturated carbocycles. The van der Waals surface area contributed by atoms with E-state index in [1.54, 1.807) is 18.6 Å². The zero-order valence-electron chi connectivity index (χ0n) is 23.3. The molecule has 2 amide bonds. The van der Waals surface area contributed by atoms with Crippen LogP contribution in [0.15, 0.2) is 49.2 Å². The van der Waals surface area contributed by atoms with Gasteiger partial charge in [-0.2, -0.15) is 0 Å². The van der Waals surface area contributed by atoms with E-state index in [1.807, 2.05) is 24.3 Å². The highest BCUT2D eigenvalue weighted by Crippen LogP contribution is 2.17. The quantitative estimate of drug-likeness (QED) is 0.270. The van der Waals surface area contributed by atoms with Crippen molar-refractivity contribution in [3.05, 3.63) is 65.9 Å². The third kappa shape index (κ3) is 8.86. The summed E-state index contributed by atoms with van der Waals surface area (Å²) in [6.45, 7) is 7.55. The normalized spacial score (nSPS) is 15.5. The van der Waals surface area contributed by atoms with Crippen LogP contribution in [0, 0.1) is 11.8 Å². The Hall–Kier alpha value is -4.27. The van der Waals surface area contributed by atoms with Crippen molar-refractivity contribution in [2.75, 3.05) is 68.0 Å². The number of likely N-dealkylation sites (tertiary alicyclic amines) is 1. The second-order valence-electron chi connectivity index (χ2n) is 10.1. The van der Waals surface area contributed by atoms with Crippen LogP contribution in [0.2, 0.25) is 0 Å². The summed E-state index contributed by atoms with van der Waals surface area (Å²) in [5.74, 6) is 7.66. The van der Waals surface area contributed by atoms with E-state index in [0.29, 0.717) is 31.4 Å². The number of hydrogen-bond donors (Lipinski definition) is 3. The molecule has 2 aromatic heterocycles. The topological polar surface area (TPSA) is 120 Å². The summed E-state index contributed by atoms with van der Waals surface area (Å²) in [4.78, 5) is 34.6. The van der Waals surface area contributed by atoms with Crippen molar-refractivity contribution in [1.29, 1.82) is 0 Å². The minimum atomic E-state index is -0.320. The second kappa shape index (κ2) is 14.9. The number of hydrogen-bond acceptors (Lipinski definition) is 9. The van der Waals surface area contributed by atoms with E-state index in [-0.39, 0.29) is 6.03 Å². The van der Waals surface area contributed by atoms with Crippen LogP contribution in [0.4, 0.5) is 22.2 Å². The number of nitrogens with one attached hydrogen (secondary N) is 3. The van der Waals surface area contributed by atoms with Crippen LogP contribution in [-0.2, 0) is 11.3 Å². The number of amides is 2. The van der Waals surface area contributed by atoms with E-state index in [9.17, 15) is 4.79 Å². The Labute approximate surface area is 241 Å². The zero-order chi connectivity index (χ0) is 28.1. The SMILES string of the molecule is O=C(NCc1cncnc1N1CCOCC1)Nc1cccc(C#Cc2cnc(NCCCN3CCCCC3)nc2)c1. The summed E-state index contributed by atoms with van der Waals surface area (Å²) in [7, 11) is 0. The number of carbonyl (C=O) groups is 1. The van der Waals surface area contributed by atoms with Crippen LogP contribution in [0.1, 0.15) is 42.4 Å². The van der Waals surface area contributed by atoms with E-state index < -0.39 is 0 Å². The molecule has 0 bridgehead atoms. The second-order valence-corrected chi connectivity index (χ2v) is 10.1. The van der Waals surface area contributed by atoms with E-state index in [4.69, 9.17) is 4.74 Å². The number of urea groups is 1. The van der Waals surface area contributed by atoms with Crippen molar-refractivity contribution in [2.45, 2.75) is 32.2 Å². The first kappa shape index (κ1) is 28.3. The van der Waals surface area contributed by atoms with Gasteiger partial charge in [0, 0.05) is 61.6 Å². The number of benzene rings is 1. The largest absolute Gasteiger partial charge is 0.378 e. The molecule has 11 nitrogen and oxygen atoms in total. The lowest BCUT2D eigenvalue weighted by atomic mass is 10.1. The van der Waals surface area contributed by atoms with Gasteiger partial charge >= 0.3 is 6.03 Å². The molecule has 2 aliphatic rings. The van der Waals surface area contributed by atoms with Gasteiger partial charge in [0.2, 0.25) is 5.95 Å². The summed E-state index contributed by atoms with van der Waals surface area (Å²) in [5, 5.41) is 9.06. The van der Waals surface area contributed by atoms with Gasteiger partial charge in [-0.05, 0) is 57.1 Å². The molecular formula is C30H37N9O2. The van der Waals surface area contributed by atoms with Crippen LogP contribution in [0.5, 0.6) is 0 Å². The molecule has 2 saturated heterocycles. The van der Waals surface area contributed by atoms with Crippen molar-refractivity contribution in [1.82, 2.24) is 30.2 Å². The molecule has 214 valence electrons. The van der Waals surface area contributed by atoms with Crippen LogP contribution in [-0.4, -0.2) is 83.3 Å². The summed E-state index contributed by atoms with van der Waals surface area (Å²) in [6.07, 6.45) is 11.8. The summed E-state index contributed by atoms with van der Waals surface area (Å²) in [6, 6.07) is 7.08. The van der Waals surface area contributed by atoms with Gasteiger partial charge in [0.15, 0.2) is 0 Å². The first-order valence-corrected chi connectivity index (χ1v) is 14.3. The molecule has 41 heavy (non-hydrogen) atoms. The number of anilines is 3. The van der Waals surface area contributed by atoms with Gasteiger partial charge in [-0.3, -0.25) is 0 Å². The van der Waals surface area contributed by atoms with Crippen molar-refractivity contribution in [3.63, 3.8) is 0 Å². The molecule has 0 spiro atoms. The van der Waals surface area contributed by atoms with Crippen LogP contribution >= 0.6 is 0 Å². The Morgan fingerprint density at radius 2 is 1.76 bits per heavy atom. The van der Waals surface area contributed by atoms with E-state index in [0.717, 1.165) is 55.1 Å². The highest BCUT2D eigenvalue weighted by molar-refractivity contribution is 5.89. The Bertz CT molecular complexity index is 1330. The van der Waals surface area contributed by atoms with Crippen molar-refractivity contribution in [3.8, 4) is 11.8 Å². The Morgan fingerprint density at radius 3 is 2.59 bits per heavy atom. The number of morpholine rings is 1. The molecule has 0 unspecified atom stereocenters. The van der Waals surface area contributed by atoms with Crippen molar-refractivity contribution >= 4 is 23.5 Å². The van der Waals surface area contributed by atoms with Gasteiger partial charge in [-0.1, -0.05) is 24.3 Å². The smallest absolute Gasteiger partial charge is 0.319 e. The van der Waals surface area contributed by atoms with Gasteiger partial charge in [0.1, 0.15) is 12.1 Å². The molecule has 0 aliphatic carbocycles. The van der Waals surface area contributed by atoms with E-state index in [1.165, 1.54) is 38.7 Å². The highest BCUT2D eigenvalue weighted by atomic mass is 16.5. The maximum atomic E-state index is 12.6.